The molecular formula is C12H15O5. The molecule has 1 aliphatic rings. The lowest BCUT2D eigenvalue weighted by molar-refractivity contribution is -0.184. The van der Waals surface area contributed by atoms with Crippen molar-refractivity contribution in [3.05, 3.63) is 42.0 Å². The molecule has 1 aromatic carbocycles. The number of benzene rings is 1. The molecule has 1 saturated heterocycles. The highest BCUT2D eigenvalue weighted by Crippen LogP contribution is 2.31. The Hall–Kier alpha value is -0.980. The molecular weight excluding hydrogens is 224 g/mol. The summed E-state index contributed by atoms with van der Waals surface area (Å²) in [5, 5.41) is 38.1. The van der Waals surface area contributed by atoms with Crippen molar-refractivity contribution in [1.82, 2.24) is 0 Å². The second-order valence-electron chi connectivity index (χ2n) is 4.00. The molecule has 2 rings (SSSR count). The Bertz CT molecular complexity index is 353. The predicted molar refractivity (Wildman–Crippen MR) is 58.8 cm³/mol. The van der Waals surface area contributed by atoms with Gasteiger partial charge in [-0.1, -0.05) is 30.3 Å². The van der Waals surface area contributed by atoms with Gasteiger partial charge in [0.2, 0.25) is 0 Å². The Morgan fingerprint density at radius 1 is 1.00 bits per heavy atom. The third kappa shape index (κ3) is 2.34. The first-order chi connectivity index (χ1) is 8.15. The molecule has 0 saturated carbocycles. The van der Waals surface area contributed by atoms with Crippen LogP contribution in [-0.2, 0) is 4.74 Å². The van der Waals surface area contributed by atoms with E-state index in [1.807, 2.05) is 6.07 Å². The Kier molecular flexibility index (Phi) is 3.76. The Labute approximate surface area is 98.9 Å². The summed E-state index contributed by atoms with van der Waals surface area (Å²) < 4.78 is 5.32. The van der Waals surface area contributed by atoms with Crippen LogP contribution in [0.3, 0.4) is 0 Å². The average molecular weight is 239 g/mol. The van der Waals surface area contributed by atoms with Crippen molar-refractivity contribution in [2.45, 2.75) is 24.4 Å². The van der Waals surface area contributed by atoms with Gasteiger partial charge in [-0.15, -0.1) is 0 Å². The van der Waals surface area contributed by atoms with E-state index in [1.165, 1.54) is 0 Å². The quantitative estimate of drug-likeness (QED) is 0.534. The molecule has 17 heavy (non-hydrogen) atoms. The highest BCUT2D eigenvalue weighted by atomic mass is 16.5. The Balaban J connectivity index is 2.23. The molecule has 5 nitrogen and oxygen atoms in total. The van der Waals surface area contributed by atoms with Gasteiger partial charge in [0.25, 0.3) is 0 Å². The van der Waals surface area contributed by atoms with Gasteiger partial charge in [0.05, 0.1) is 6.61 Å². The second kappa shape index (κ2) is 5.12. The van der Waals surface area contributed by atoms with Gasteiger partial charge < -0.3 is 25.2 Å². The van der Waals surface area contributed by atoms with Crippen molar-refractivity contribution in [3.8, 4) is 0 Å². The Morgan fingerprint density at radius 3 is 2.24 bits per heavy atom. The van der Waals surface area contributed by atoms with Gasteiger partial charge >= 0.3 is 0 Å². The standard InChI is InChI=1S/C12H15O5/c13-6-8-9(14)10(15)11(16)12(17-8)7-4-2-1-3-5-7/h1-5,8-11,13-16H,6H2/t8-,9-,10+,11-/m1/s1. The van der Waals surface area contributed by atoms with E-state index in [-0.39, 0.29) is 6.10 Å². The molecule has 1 radical (unpaired) electrons. The van der Waals surface area contributed by atoms with Crippen LogP contribution in [0.4, 0.5) is 0 Å². The number of rotatable bonds is 2. The van der Waals surface area contributed by atoms with Crippen LogP contribution >= 0.6 is 0 Å². The number of hydrogen-bond acceptors (Lipinski definition) is 5. The molecule has 0 aromatic heterocycles. The van der Waals surface area contributed by atoms with E-state index < -0.39 is 31.0 Å². The fraction of sp³-hybridized carbons (Fsp3) is 0.417. The molecule has 93 valence electrons. The minimum Gasteiger partial charge on any atom is -0.394 e. The monoisotopic (exact) mass is 239 g/mol. The molecule has 4 N–H and O–H groups in total. The lowest BCUT2D eigenvalue weighted by Gasteiger charge is -2.39. The fourth-order valence-electron chi connectivity index (χ4n) is 1.85. The van der Waals surface area contributed by atoms with Crippen LogP contribution in [0.2, 0.25) is 0 Å². The van der Waals surface area contributed by atoms with Gasteiger partial charge in [0.1, 0.15) is 24.4 Å². The normalized spacial score (nSPS) is 34.8. The molecule has 1 heterocycles. The zero-order valence-electron chi connectivity index (χ0n) is 9.10. The van der Waals surface area contributed by atoms with Crippen molar-refractivity contribution in [1.29, 1.82) is 0 Å². The first-order valence-electron chi connectivity index (χ1n) is 5.39. The first-order valence-corrected chi connectivity index (χ1v) is 5.39. The van der Waals surface area contributed by atoms with E-state index in [1.54, 1.807) is 24.3 Å². The van der Waals surface area contributed by atoms with E-state index in [2.05, 4.69) is 0 Å². The van der Waals surface area contributed by atoms with E-state index in [0.717, 1.165) is 0 Å². The van der Waals surface area contributed by atoms with Crippen molar-refractivity contribution in [2.75, 3.05) is 6.61 Å². The summed E-state index contributed by atoms with van der Waals surface area (Å²) in [5.74, 6) is 0. The van der Waals surface area contributed by atoms with E-state index in [4.69, 9.17) is 9.84 Å². The fourth-order valence-corrected chi connectivity index (χ4v) is 1.85. The van der Waals surface area contributed by atoms with Crippen molar-refractivity contribution >= 4 is 0 Å². The summed E-state index contributed by atoms with van der Waals surface area (Å²) in [6.07, 6.45) is -4.72. The topological polar surface area (TPSA) is 90.2 Å². The Morgan fingerprint density at radius 2 is 1.65 bits per heavy atom. The van der Waals surface area contributed by atoms with Crippen LogP contribution in [0.1, 0.15) is 5.56 Å². The number of ether oxygens (including phenoxy) is 1. The highest BCUT2D eigenvalue weighted by molar-refractivity contribution is 5.31. The van der Waals surface area contributed by atoms with Crippen molar-refractivity contribution in [3.63, 3.8) is 0 Å². The molecule has 1 aliphatic heterocycles. The van der Waals surface area contributed by atoms with Gasteiger partial charge in [-0.05, 0) is 5.56 Å². The zero-order valence-corrected chi connectivity index (χ0v) is 9.10. The lowest BCUT2D eigenvalue weighted by Crippen LogP contribution is -2.55. The first kappa shape index (κ1) is 12.5. The summed E-state index contributed by atoms with van der Waals surface area (Å²) >= 11 is 0. The van der Waals surface area contributed by atoms with Crippen LogP contribution in [0.5, 0.6) is 0 Å². The molecule has 0 aliphatic carbocycles. The highest BCUT2D eigenvalue weighted by Gasteiger charge is 2.44. The van der Waals surface area contributed by atoms with Crippen molar-refractivity contribution < 1.29 is 25.2 Å². The minimum atomic E-state index is -1.36. The average Bonchev–Trinajstić information content (AvgIpc) is 2.37. The third-order valence-electron chi connectivity index (χ3n) is 2.84. The van der Waals surface area contributed by atoms with Gasteiger partial charge in [-0.3, -0.25) is 0 Å². The number of aliphatic hydroxyl groups is 4. The van der Waals surface area contributed by atoms with E-state index >= 15 is 0 Å². The summed E-state index contributed by atoms with van der Waals surface area (Å²) in [5.41, 5.74) is 0.615. The van der Waals surface area contributed by atoms with Gasteiger partial charge in [-0.25, -0.2) is 0 Å². The smallest absolute Gasteiger partial charge is 0.158 e. The third-order valence-corrected chi connectivity index (χ3v) is 2.84. The second-order valence-corrected chi connectivity index (χ2v) is 4.00. The molecule has 4 atom stereocenters. The van der Waals surface area contributed by atoms with Crippen LogP contribution in [0, 0.1) is 6.10 Å². The van der Waals surface area contributed by atoms with Crippen LogP contribution in [0.25, 0.3) is 0 Å². The van der Waals surface area contributed by atoms with E-state index in [0.29, 0.717) is 5.56 Å². The van der Waals surface area contributed by atoms with Crippen LogP contribution in [0.15, 0.2) is 30.3 Å². The van der Waals surface area contributed by atoms with Gasteiger partial charge in [-0.2, -0.15) is 0 Å². The minimum absolute atomic E-state index is 0.169. The lowest BCUT2D eigenvalue weighted by atomic mass is 9.91. The molecule has 5 heteroatoms. The molecule has 0 amide bonds. The van der Waals surface area contributed by atoms with Gasteiger partial charge in [0, 0.05) is 0 Å². The molecule has 1 fully saturated rings. The SMILES string of the molecule is OC[C@H]1O[C](c2ccccc2)[C@H](O)[C@@H](O)[C@@H]1O. The molecule has 0 unspecified atom stereocenters. The number of hydrogen-bond donors (Lipinski definition) is 4. The van der Waals surface area contributed by atoms with Crippen molar-refractivity contribution in [2.24, 2.45) is 0 Å². The molecule has 1 aromatic rings. The summed E-state index contributed by atoms with van der Waals surface area (Å²) in [7, 11) is 0. The summed E-state index contributed by atoms with van der Waals surface area (Å²) in [6, 6.07) is 8.79. The van der Waals surface area contributed by atoms with E-state index in [9.17, 15) is 15.3 Å². The molecule has 0 bridgehead atoms. The van der Waals surface area contributed by atoms with Gasteiger partial charge in [0.15, 0.2) is 6.10 Å². The predicted octanol–water partition coefficient (Wildman–Crippen LogP) is -0.960. The van der Waals surface area contributed by atoms with Crippen LogP contribution < -0.4 is 0 Å². The maximum Gasteiger partial charge on any atom is 0.158 e. The number of aliphatic hydroxyl groups excluding tert-OH is 4. The molecule has 0 spiro atoms. The maximum absolute atomic E-state index is 9.82. The maximum atomic E-state index is 9.82. The zero-order chi connectivity index (χ0) is 12.4. The summed E-state index contributed by atoms with van der Waals surface area (Å²) in [6.45, 7) is -0.429. The summed E-state index contributed by atoms with van der Waals surface area (Å²) in [4.78, 5) is 0. The van der Waals surface area contributed by atoms with Crippen LogP contribution in [-0.4, -0.2) is 51.4 Å². The largest absolute Gasteiger partial charge is 0.394 e.